The van der Waals surface area contributed by atoms with Crippen LogP contribution in [0.5, 0.6) is 5.75 Å². The molecule has 0 N–H and O–H groups in total. The van der Waals surface area contributed by atoms with Crippen LogP contribution in [-0.4, -0.2) is 6.61 Å². The Morgan fingerprint density at radius 1 is 1.43 bits per heavy atom. The second-order valence-electron chi connectivity index (χ2n) is 2.99. The first-order valence-corrected chi connectivity index (χ1v) is 5.66. The van der Waals surface area contributed by atoms with Gasteiger partial charge in [-0.05, 0) is 30.7 Å². The Morgan fingerprint density at radius 3 is 3.00 bits per heavy atom. The predicted molar refractivity (Wildman–Crippen MR) is 60.0 cm³/mol. The maximum absolute atomic E-state index is 5.54. The summed E-state index contributed by atoms with van der Waals surface area (Å²) in [5, 5.41) is 1.85. The van der Waals surface area contributed by atoms with E-state index >= 15 is 0 Å². The largest absolute Gasteiger partial charge is 0.493 e. The minimum atomic E-state index is 0.673. The van der Waals surface area contributed by atoms with Crippen molar-refractivity contribution < 1.29 is 9.15 Å². The third kappa shape index (κ3) is 1.64. The molecule has 0 spiro atoms. The number of alkyl halides is 1. The predicted octanol–water partition coefficient (Wildman–Crippen LogP) is 3.73. The molecule has 0 saturated carbocycles. The molecule has 0 aliphatic heterocycles. The van der Waals surface area contributed by atoms with Crippen molar-refractivity contribution in [3.63, 3.8) is 0 Å². The van der Waals surface area contributed by atoms with Gasteiger partial charge in [0.25, 0.3) is 0 Å². The number of ether oxygens (including phenoxy) is 1. The summed E-state index contributed by atoms with van der Waals surface area (Å²) in [6, 6.07) is 5.99. The Morgan fingerprint density at radius 2 is 2.29 bits per heavy atom. The molecule has 2 nitrogen and oxygen atoms in total. The second-order valence-corrected chi connectivity index (χ2v) is 3.55. The monoisotopic (exact) mass is 254 g/mol. The van der Waals surface area contributed by atoms with Crippen molar-refractivity contribution in [2.75, 3.05) is 6.61 Å². The van der Waals surface area contributed by atoms with Crippen LogP contribution < -0.4 is 4.74 Å². The van der Waals surface area contributed by atoms with Gasteiger partial charge in [-0.2, -0.15) is 0 Å². The molecule has 0 amide bonds. The van der Waals surface area contributed by atoms with Crippen LogP contribution in [-0.2, 0) is 5.33 Å². The summed E-state index contributed by atoms with van der Waals surface area (Å²) in [5.74, 6) is 0.896. The number of hydrogen-bond acceptors (Lipinski definition) is 2. The SMILES string of the molecule is CCOc1cc(CBr)cc2occc12. The van der Waals surface area contributed by atoms with Crippen LogP contribution in [0.4, 0.5) is 0 Å². The van der Waals surface area contributed by atoms with Gasteiger partial charge < -0.3 is 9.15 Å². The zero-order valence-corrected chi connectivity index (χ0v) is 9.50. The molecular weight excluding hydrogens is 244 g/mol. The number of benzene rings is 1. The lowest BCUT2D eigenvalue weighted by molar-refractivity contribution is 0.344. The number of furan rings is 1. The van der Waals surface area contributed by atoms with Crippen molar-refractivity contribution in [2.45, 2.75) is 12.3 Å². The van der Waals surface area contributed by atoms with Crippen molar-refractivity contribution in [1.82, 2.24) is 0 Å². The van der Waals surface area contributed by atoms with Crippen molar-refractivity contribution in [3.8, 4) is 5.75 Å². The molecule has 0 fully saturated rings. The maximum Gasteiger partial charge on any atom is 0.137 e. The molecule has 0 bridgehead atoms. The lowest BCUT2D eigenvalue weighted by Crippen LogP contribution is -1.92. The Labute approximate surface area is 91.0 Å². The molecule has 2 aromatic rings. The van der Waals surface area contributed by atoms with Crippen LogP contribution in [0.1, 0.15) is 12.5 Å². The summed E-state index contributed by atoms with van der Waals surface area (Å²) >= 11 is 3.42. The van der Waals surface area contributed by atoms with Gasteiger partial charge in [-0.1, -0.05) is 15.9 Å². The fraction of sp³-hybridized carbons (Fsp3) is 0.273. The van der Waals surface area contributed by atoms with E-state index in [9.17, 15) is 0 Å². The molecule has 0 unspecified atom stereocenters. The van der Waals surface area contributed by atoms with Gasteiger partial charge in [-0.3, -0.25) is 0 Å². The van der Waals surface area contributed by atoms with E-state index < -0.39 is 0 Å². The van der Waals surface area contributed by atoms with Crippen molar-refractivity contribution in [2.24, 2.45) is 0 Å². The fourth-order valence-corrected chi connectivity index (χ4v) is 1.77. The Hall–Kier alpha value is -0.960. The van der Waals surface area contributed by atoms with E-state index in [1.165, 1.54) is 0 Å². The average molecular weight is 255 g/mol. The first kappa shape index (κ1) is 9.59. The summed E-state index contributed by atoms with van der Waals surface area (Å²) in [6.07, 6.45) is 1.69. The number of hydrogen-bond donors (Lipinski definition) is 0. The summed E-state index contributed by atoms with van der Waals surface area (Å²) < 4.78 is 10.9. The van der Waals surface area contributed by atoms with E-state index in [1.807, 2.05) is 25.1 Å². The van der Waals surface area contributed by atoms with E-state index in [2.05, 4.69) is 15.9 Å². The zero-order valence-electron chi connectivity index (χ0n) is 7.92. The van der Waals surface area contributed by atoms with Crippen molar-refractivity contribution >= 4 is 26.9 Å². The molecular formula is C11H11BrO2. The van der Waals surface area contributed by atoms with Gasteiger partial charge >= 0.3 is 0 Å². The Bertz CT molecular complexity index is 434. The highest BCUT2D eigenvalue weighted by Crippen LogP contribution is 2.29. The molecule has 0 atom stereocenters. The number of halogens is 1. The highest BCUT2D eigenvalue weighted by Gasteiger charge is 2.06. The topological polar surface area (TPSA) is 22.4 Å². The highest BCUT2D eigenvalue weighted by molar-refractivity contribution is 9.08. The van der Waals surface area contributed by atoms with Crippen LogP contribution in [0.2, 0.25) is 0 Å². The molecule has 0 aliphatic carbocycles. The van der Waals surface area contributed by atoms with Crippen LogP contribution >= 0.6 is 15.9 Å². The molecule has 0 radical (unpaired) electrons. The number of fused-ring (bicyclic) bond motifs is 1. The standard InChI is InChI=1S/C11H11BrO2/c1-2-13-10-5-8(7-12)6-11-9(10)3-4-14-11/h3-6H,2,7H2,1H3. The van der Waals surface area contributed by atoms with E-state index in [-0.39, 0.29) is 0 Å². The first-order chi connectivity index (χ1) is 6.85. The smallest absolute Gasteiger partial charge is 0.137 e. The van der Waals surface area contributed by atoms with Gasteiger partial charge in [0.05, 0.1) is 18.3 Å². The molecule has 1 aromatic carbocycles. The van der Waals surface area contributed by atoms with Crippen LogP contribution in [0.3, 0.4) is 0 Å². The Kier molecular flexibility index (Phi) is 2.77. The van der Waals surface area contributed by atoms with Gasteiger partial charge in [0.15, 0.2) is 0 Å². The molecule has 3 heteroatoms. The van der Waals surface area contributed by atoms with Crippen molar-refractivity contribution in [3.05, 3.63) is 30.0 Å². The third-order valence-electron chi connectivity index (χ3n) is 2.05. The molecule has 0 aliphatic rings. The van der Waals surface area contributed by atoms with E-state index in [0.29, 0.717) is 6.61 Å². The minimum absolute atomic E-state index is 0.673. The molecule has 14 heavy (non-hydrogen) atoms. The first-order valence-electron chi connectivity index (χ1n) is 4.54. The number of rotatable bonds is 3. The van der Waals surface area contributed by atoms with Crippen LogP contribution in [0.15, 0.2) is 28.9 Å². The van der Waals surface area contributed by atoms with Gasteiger partial charge in [0.2, 0.25) is 0 Å². The van der Waals surface area contributed by atoms with E-state index in [4.69, 9.17) is 9.15 Å². The van der Waals surface area contributed by atoms with Gasteiger partial charge in [-0.25, -0.2) is 0 Å². The highest BCUT2D eigenvalue weighted by atomic mass is 79.9. The Balaban J connectivity index is 2.58. The van der Waals surface area contributed by atoms with Crippen LogP contribution in [0.25, 0.3) is 11.0 Å². The average Bonchev–Trinajstić information content (AvgIpc) is 2.66. The summed E-state index contributed by atoms with van der Waals surface area (Å²) in [7, 11) is 0. The van der Waals surface area contributed by atoms with E-state index in [1.54, 1.807) is 6.26 Å². The summed E-state index contributed by atoms with van der Waals surface area (Å²) in [6.45, 7) is 2.65. The van der Waals surface area contributed by atoms with Crippen molar-refractivity contribution in [1.29, 1.82) is 0 Å². The van der Waals surface area contributed by atoms with Gasteiger partial charge in [0.1, 0.15) is 11.3 Å². The maximum atomic E-state index is 5.54. The molecule has 0 saturated heterocycles. The molecule has 74 valence electrons. The third-order valence-corrected chi connectivity index (χ3v) is 2.70. The lowest BCUT2D eigenvalue weighted by atomic mass is 10.2. The van der Waals surface area contributed by atoms with E-state index in [0.717, 1.165) is 27.6 Å². The molecule has 1 aromatic heterocycles. The summed E-state index contributed by atoms with van der Waals surface area (Å²) in [5.41, 5.74) is 2.04. The lowest BCUT2D eigenvalue weighted by Gasteiger charge is -2.05. The summed E-state index contributed by atoms with van der Waals surface area (Å²) in [4.78, 5) is 0. The minimum Gasteiger partial charge on any atom is -0.493 e. The fourth-order valence-electron chi connectivity index (χ4n) is 1.44. The second kappa shape index (κ2) is 4.05. The molecule has 2 rings (SSSR count). The molecule has 1 heterocycles. The normalized spacial score (nSPS) is 10.7. The zero-order chi connectivity index (χ0) is 9.97. The quantitative estimate of drug-likeness (QED) is 0.780. The van der Waals surface area contributed by atoms with Gasteiger partial charge in [-0.15, -0.1) is 0 Å². The van der Waals surface area contributed by atoms with Gasteiger partial charge in [0, 0.05) is 5.33 Å². The van der Waals surface area contributed by atoms with Crippen LogP contribution in [0, 0.1) is 0 Å².